The van der Waals surface area contributed by atoms with Gasteiger partial charge in [-0.05, 0) is 57.7 Å². The van der Waals surface area contributed by atoms with Gasteiger partial charge in [-0.15, -0.1) is 0 Å². The molecule has 0 radical (unpaired) electrons. The van der Waals surface area contributed by atoms with Crippen LogP contribution in [0.3, 0.4) is 0 Å². The predicted molar refractivity (Wildman–Crippen MR) is 94.5 cm³/mol. The van der Waals surface area contributed by atoms with E-state index in [1.807, 2.05) is 39.0 Å². The van der Waals surface area contributed by atoms with E-state index in [9.17, 15) is 4.79 Å². The highest BCUT2D eigenvalue weighted by molar-refractivity contribution is 6.30. The van der Waals surface area contributed by atoms with Crippen LogP contribution in [-0.2, 0) is 9.47 Å². The van der Waals surface area contributed by atoms with E-state index >= 15 is 0 Å². The van der Waals surface area contributed by atoms with Crippen molar-refractivity contribution in [3.05, 3.63) is 34.9 Å². The second kappa shape index (κ2) is 6.57. The van der Waals surface area contributed by atoms with Crippen LogP contribution in [0.5, 0.6) is 0 Å². The molecular weight excluding hydrogens is 326 g/mol. The van der Waals surface area contributed by atoms with Crippen LogP contribution in [0.25, 0.3) is 0 Å². The zero-order valence-corrected chi connectivity index (χ0v) is 15.4. The Morgan fingerprint density at radius 1 is 1.33 bits per heavy atom. The molecule has 2 aliphatic rings. The largest absolute Gasteiger partial charge is 0.444 e. The molecule has 24 heavy (non-hydrogen) atoms. The molecule has 1 atom stereocenters. The molecule has 3 rings (SSSR count). The van der Waals surface area contributed by atoms with Crippen LogP contribution >= 0.6 is 11.6 Å². The lowest BCUT2D eigenvalue weighted by Gasteiger charge is -2.39. The molecule has 1 unspecified atom stereocenters. The van der Waals surface area contributed by atoms with E-state index in [-0.39, 0.29) is 11.7 Å². The normalized spacial score (nSPS) is 23.5. The van der Waals surface area contributed by atoms with Crippen molar-refractivity contribution in [3.63, 3.8) is 0 Å². The van der Waals surface area contributed by atoms with Crippen LogP contribution in [0.1, 0.15) is 51.5 Å². The number of nitrogens with zero attached hydrogens (tertiary/aromatic N) is 1. The molecule has 0 N–H and O–H groups in total. The minimum absolute atomic E-state index is 0.106. The standard InChI is InChI=1S/C19H26ClNO3/c1-18(2,3)24-17(22)21-9-7-19(8-10-21)12-15(13-23-19)14-5-4-6-16(20)11-14/h4-6,11,15H,7-10,12-13H2,1-3H3. The van der Waals surface area contributed by atoms with Gasteiger partial charge >= 0.3 is 6.09 Å². The van der Waals surface area contributed by atoms with Crippen molar-refractivity contribution in [3.8, 4) is 0 Å². The molecule has 0 bridgehead atoms. The first kappa shape index (κ1) is 17.6. The summed E-state index contributed by atoms with van der Waals surface area (Å²) in [6.45, 7) is 7.80. The quantitative estimate of drug-likeness (QED) is 0.741. The van der Waals surface area contributed by atoms with Gasteiger partial charge in [0, 0.05) is 24.0 Å². The van der Waals surface area contributed by atoms with Gasteiger partial charge in [-0.1, -0.05) is 23.7 Å². The summed E-state index contributed by atoms with van der Waals surface area (Å²) in [7, 11) is 0. The first-order valence-corrected chi connectivity index (χ1v) is 9.02. The zero-order valence-electron chi connectivity index (χ0n) is 14.7. The maximum absolute atomic E-state index is 12.2. The molecule has 1 spiro atoms. The smallest absolute Gasteiger partial charge is 0.410 e. The number of hydrogen-bond acceptors (Lipinski definition) is 3. The van der Waals surface area contributed by atoms with Crippen molar-refractivity contribution in [1.29, 1.82) is 0 Å². The van der Waals surface area contributed by atoms with Crippen molar-refractivity contribution in [2.45, 2.75) is 57.2 Å². The number of ether oxygens (including phenoxy) is 2. The Morgan fingerprint density at radius 2 is 2.04 bits per heavy atom. The molecule has 1 aromatic rings. The lowest BCUT2D eigenvalue weighted by Crippen LogP contribution is -2.47. The van der Waals surface area contributed by atoms with Gasteiger partial charge in [-0.25, -0.2) is 4.79 Å². The number of carbonyl (C=O) groups is 1. The Morgan fingerprint density at radius 3 is 2.67 bits per heavy atom. The van der Waals surface area contributed by atoms with Gasteiger partial charge in [0.05, 0.1) is 12.2 Å². The van der Waals surface area contributed by atoms with E-state index in [4.69, 9.17) is 21.1 Å². The number of carbonyl (C=O) groups excluding carboxylic acids is 1. The highest BCUT2D eigenvalue weighted by Gasteiger charge is 2.44. The van der Waals surface area contributed by atoms with Gasteiger partial charge in [0.2, 0.25) is 0 Å². The molecule has 0 aliphatic carbocycles. The van der Waals surface area contributed by atoms with E-state index in [2.05, 4.69) is 6.07 Å². The third-order valence-electron chi connectivity index (χ3n) is 4.86. The van der Waals surface area contributed by atoms with E-state index in [0.29, 0.717) is 19.0 Å². The molecule has 0 saturated carbocycles. The Labute approximate surface area is 149 Å². The summed E-state index contributed by atoms with van der Waals surface area (Å²) in [5.74, 6) is 0.386. The summed E-state index contributed by atoms with van der Waals surface area (Å²) in [5, 5.41) is 0.771. The fraction of sp³-hybridized carbons (Fsp3) is 0.632. The summed E-state index contributed by atoms with van der Waals surface area (Å²) < 4.78 is 11.7. The second-order valence-electron chi connectivity index (χ2n) is 7.92. The van der Waals surface area contributed by atoms with Gasteiger partial charge in [0.1, 0.15) is 5.60 Å². The first-order valence-electron chi connectivity index (χ1n) is 8.64. The lowest BCUT2D eigenvalue weighted by atomic mass is 9.83. The molecule has 2 heterocycles. The molecule has 0 aromatic heterocycles. The number of likely N-dealkylation sites (tertiary alicyclic amines) is 1. The first-order chi connectivity index (χ1) is 11.3. The third-order valence-corrected chi connectivity index (χ3v) is 5.09. The highest BCUT2D eigenvalue weighted by atomic mass is 35.5. The third kappa shape index (κ3) is 4.04. The van der Waals surface area contributed by atoms with Crippen LogP contribution in [-0.4, -0.2) is 41.9 Å². The Hall–Kier alpha value is -1.26. The van der Waals surface area contributed by atoms with Crippen molar-refractivity contribution in [2.75, 3.05) is 19.7 Å². The Kier molecular flexibility index (Phi) is 4.80. The fourth-order valence-electron chi connectivity index (χ4n) is 3.59. The van der Waals surface area contributed by atoms with E-state index < -0.39 is 5.60 Å². The molecule has 5 heteroatoms. The topological polar surface area (TPSA) is 38.8 Å². The number of rotatable bonds is 1. The number of benzene rings is 1. The van der Waals surface area contributed by atoms with E-state index in [1.54, 1.807) is 4.90 Å². The van der Waals surface area contributed by atoms with Gasteiger partial charge in [0.25, 0.3) is 0 Å². The summed E-state index contributed by atoms with van der Waals surface area (Å²) in [6.07, 6.45) is 2.50. The fourth-order valence-corrected chi connectivity index (χ4v) is 3.79. The van der Waals surface area contributed by atoms with Crippen molar-refractivity contribution in [1.82, 2.24) is 4.90 Å². The van der Waals surface area contributed by atoms with Crippen LogP contribution in [0.2, 0.25) is 5.02 Å². The lowest BCUT2D eigenvalue weighted by molar-refractivity contribution is -0.0485. The predicted octanol–water partition coefficient (Wildman–Crippen LogP) is 4.61. The van der Waals surface area contributed by atoms with Crippen molar-refractivity contribution < 1.29 is 14.3 Å². The Balaban J connectivity index is 1.58. The molecule has 1 aromatic carbocycles. The number of piperidine rings is 1. The highest BCUT2D eigenvalue weighted by Crippen LogP contribution is 2.43. The van der Waals surface area contributed by atoms with Crippen molar-refractivity contribution >= 4 is 17.7 Å². The Bertz CT molecular complexity index is 603. The summed E-state index contributed by atoms with van der Waals surface area (Å²) >= 11 is 6.11. The van der Waals surface area contributed by atoms with Crippen LogP contribution in [0, 0.1) is 0 Å². The van der Waals surface area contributed by atoms with E-state index in [1.165, 1.54) is 5.56 Å². The number of halogens is 1. The van der Waals surface area contributed by atoms with Crippen LogP contribution in [0.15, 0.2) is 24.3 Å². The molecule has 4 nitrogen and oxygen atoms in total. The second-order valence-corrected chi connectivity index (χ2v) is 8.35. The maximum atomic E-state index is 12.2. The molecule has 132 valence electrons. The van der Waals surface area contributed by atoms with Gasteiger partial charge in [0.15, 0.2) is 0 Å². The molecule has 2 fully saturated rings. The molecular formula is C19H26ClNO3. The number of amides is 1. The van der Waals surface area contributed by atoms with Crippen LogP contribution in [0.4, 0.5) is 4.79 Å². The molecule has 2 aliphatic heterocycles. The van der Waals surface area contributed by atoms with E-state index in [0.717, 1.165) is 30.9 Å². The summed E-state index contributed by atoms with van der Waals surface area (Å²) in [4.78, 5) is 14.0. The minimum Gasteiger partial charge on any atom is -0.444 e. The van der Waals surface area contributed by atoms with Gasteiger partial charge in [-0.3, -0.25) is 0 Å². The minimum atomic E-state index is -0.451. The maximum Gasteiger partial charge on any atom is 0.410 e. The van der Waals surface area contributed by atoms with Crippen LogP contribution < -0.4 is 0 Å². The van der Waals surface area contributed by atoms with Gasteiger partial charge in [-0.2, -0.15) is 0 Å². The molecule has 2 saturated heterocycles. The van der Waals surface area contributed by atoms with Crippen molar-refractivity contribution in [2.24, 2.45) is 0 Å². The number of hydrogen-bond donors (Lipinski definition) is 0. The molecule has 1 amide bonds. The SMILES string of the molecule is CC(C)(C)OC(=O)N1CCC2(CC1)CC(c1cccc(Cl)c1)CO2. The average Bonchev–Trinajstić information content (AvgIpc) is 2.90. The summed E-state index contributed by atoms with van der Waals surface area (Å²) in [5.41, 5.74) is 0.688. The monoisotopic (exact) mass is 351 g/mol. The zero-order chi connectivity index (χ0) is 17.4. The summed E-state index contributed by atoms with van der Waals surface area (Å²) in [6, 6.07) is 8.04. The average molecular weight is 352 g/mol. The van der Waals surface area contributed by atoms with Gasteiger partial charge < -0.3 is 14.4 Å².